The van der Waals surface area contributed by atoms with E-state index >= 15 is 0 Å². The summed E-state index contributed by atoms with van der Waals surface area (Å²) in [5.41, 5.74) is 12.3. The van der Waals surface area contributed by atoms with Gasteiger partial charge in [-0.1, -0.05) is 152 Å². The Morgan fingerprint density at radius 1 is 0.392 bits per heavy atom. The molecule has 4 aromatic heterocycles. The van der Waals surface area contributed by atoms with Crippen molar-refractivity contribution in [1.82, 2.24) is 15.0 Å². The van der Waals surface area contributed by atoms with E-state index < -0.39 is 0 Å². The summed E-state index contributed by atoms with van der Waals surface area (Å²) in [6, 6.07) is 60.6. The number of hydrogen-bond acceptors (Lipinski definition) is 4. The van der Waals surface area contributed by atoms with Crippen LogP contribution in [0.15, 0.2) is 180 Å². The van der Waals surface area contributed by atoms with E-state index in [1.165, 1.54) is 0 Å². The van der Waals surface area contributed by atoms with Gasteiger partial charge in [0.15, 0.2) is 5.58 Å². The van der Waals surface area contributed by atoms with Crippen molar-refractivity contribution in [3.05, 3.63) is 176 Å². The topological polar surface area (TPSA) is 51.8 Å². The number of furan rings is 1. The van der Waals surface area contributed by atoms with Crippen molar-refractivity contribution in [3.8, 4) is 56.2 Å². The molecule has 0 N–H and O–H groups in total. The molecule has 6 aromatic carbocycles. The maximum absolute atomic E-state index is 6.95. The predicted octanol–water partition coefficient (Wildman–Crippen LogP) is 12.4. The average Bonchev–Trinajstić information content (AvgIpc) is 3.62. The lowest BCUT2D eigenvalue weighted by Crippen LogP contribution is -1.92. The Bertz CT molecular complexity index is 2880. The van der Waals surface area contributed by atoms with Crippen LogP contribution in [0, 0.1) is 0 Å². The maximum Gasteiger partial charge on any atom is 0.162 e. The first-order valence-corrected chi connectivity index (χ1v) is 17.1. The minimum atomic E-state index is 0.763. The first-order chi connectivity index (χ1) is 25.3. The fraction of sp³-hybridized carbons (Fsp3) is 0. The van der Waals surface area contributed by atoms with Gasteiger partial charge >= 0.3 is 0 Å². The molecule has 238 valence electrons. The van der Waals surface area contributed by atoms with Crippen molar-refractivity contribution in [2.75, 3.05) is 0 Å². The molecule has 0 saturated carbocycles. The van der Waals surface area contributed by atoms with Gasteiger partial charge in [0, 0.05) is 49.4 Å². The van der Waals surface area contributed by atoms with Crippen LogP contribution in [0.4, 0.5) is 0 Å². The molecule has 0 unspecified atom stereocenters. The minimum Gasteiger partial charge on any atom is -0.453 e. The van der Waals surface area contributed by atoms with Crippen molar-refractivity contribution < 1.29 is 4.42 Å². The molecule has 0 radical (unpaired) electrons. The molecular weight excluding hydrogens is 623 g/mol. The molecule has 4 heterocycles. The van der Waals surface area contributed by atoms with Gasteiger partial charge < -0.3 is 4.42 Å². The normalized spacial score (nSPS) is 11.5. The maximum atomic E-state index is 6.95. The zero-order chi connectivity index (χ0) is 33.7. The number of aromatic nitrogens is 3. The van der Waals surface area contributed by atoms with Gasteiger partial charge in [0.2, 0.25) is 0 Å². The Labute approximate surface area is 294 Å². The lowest BCUT2D eigenvalue weighted by molar-refractivity contribution is 0.632. The molecule has 10 rings (SSSR count). The van der Waals surface area contributed by atoms with Crippen LogP contribution in [0.25, 0.3) is 99.9 Å². The second-order valence-electron chi connectivity index (χ2n) is 12.8. The van der Waals surface area contributed by atoms with Crippen LogP contribution in [0.2, 0.25) is 0 Å². The van der Waals surface area contributed by atoms with Gasteiger partial charge in [-0.2, -0.15) is 0 Å². The Hall–Kier alpha value is -6.91. The zero-order valence-corrected chi connectivity index (χ0v) is 27.5. The first-order valence-electron chi connectivity index (χ1n) is 17.1. The van der Waals surface area contributed by atoms with Crippen LogP contribution in [0.5, 0.6) is 0 Å². The average molecular weight is 652 g/mol. The molecule has 0 atom stereocenters. The molecule has 4 nitrogen and oxygen atoms in total. The van der Waals surface area contributed by atoms with Crippen LogP contribution < -0.4 is 0 Å². The van der Waals surface area contributed by atoms with E-state index in [1.54, 1.807) is 0 Å². The first kappa shape index (κ1) is 29.0. The summed E-state index contributed by atoms with van der Waals surface area (Å²) in [6.07, 6.45) is 0. The Balaban J connectivity index is 1.24. The number of hydrogen-bond donors (Lipinski definition) is 0. The summed E-state index contributed by atoms with van der Waals surface area (Å²) in [7, 11) is 0. The van der Waals surface area contributed by atoms with Gasteiger partial charge in [-0.15, -0.1) is 0 Å². The highest BCUT2D eigenvalue weighted by Crippen LogP contribution is 2.47. The van der Waals surface area contributed by atoms with Gasteiger partial charge in [-0.25, -0.2) is 15.0 Å². The van der Waals surface area contributed by atoms with Gasteiger partial charge in [-0.05, 0) is 29.8 Å². The number of rotatable bonds is 5. The second kappa shape index (κ2) is 11.9. The summed E-state index contributed by atoms with van der Waals surface area (Å²) in [5, 5.41) is 4.15. The standard InChI is InChI=1S/C47H29N3O/c1-5-13-30(14-6-1)38-26-23-33-21-22-34-24-27-39(49-44(34)43(33)48-38)36-25-28-40-37(29-36)42-41(31-15-7-2-8-16-31)46(35-19-11-4-12-20-35)51-47(42)45(50-40)32-17-9-3-10-18-32/h1-29H. The molecule has 0 fully saturated rings. The summed E-state index contributed by atoms with van der Waals surface area (Å²) in [5.74, 6) is 0.823. The van der Waals surface area contributed by atoms with Crippen LogP contribution >= 0.6 is 0 Å². The SMILES string of the molecule is c1ccc(-c2ccc3ccc4ccc(-c5ccc6nc(-c7ccccc7)c7oc(-c8ccccc8)c(-c8ccccc8)c7c6c5)nc4c3n2)cc1. The van der Waals surface area contributed by atoms with Crippen molar-refractivity contribution in [2.24, 2.45) is 0 Å². The molecular formula is C47H29N3O. The molecule has 0 saturated heterocycles. The van der Waals surface area contributed by atoms with Gasteiger partial charge in [0.1, 0.15) is 11.5 Å². The molecule has 0 spiro atoms. The molecule has 10 aromatic rings. The quantitative estimate of drug-likeness (QED) is 0.174. The van der Waals surface area contributed by atoms with Crippen molar-refractivity contribution in [1.29, 1.82) is 0 Å². The highest BCUT2D eigenvalue weighted by Gasteiger charge is 2.24. The van der Waals surface area contributed by atoms with E-state index in [2.05, 4.69) is 127 Å². The molecule has 0 aliphatic rings. The number of benzene rings is 6. The molecule has 0 bridgehead atoms. The van der Waals surface area contributed by atoms with Crippen LogP contribution in [-0.2, 0) is 0 Å². The van der Waals surface area contributed by atoms with E-state index in [9.17, 15) is 0 Å². The zero-order valence-electron chi connectivity index (χ0n) is 27.5. The molecule has 0 aliphatic carbocycles. The molecule has 51 heavy (non-hydrogen) atoms. The van der Waals surface area contributed by atoms with E-state index in [-0.39, 0.29) is 0 Å². The van der Waals surface area contributed by atoms with E-state index in [1.807, 2.05) is 48.5 Å². The number of pyridine rings is 3. The third-order valence-corrected chi connectivity index (χ3v) is 9.65. The third kappa shape index (κ3) is 4.96. The second-order valence-corrected chi connectivity index (χ2v) is 12.8. The van der Waals surface area contributed by atoms with Gasteiger partial charge in [-0.3, -0.25) is 0 Å². The van der Waals surface area contributed by atoms with Gasteiger partial charge in [0.25, 0.3) is 0 Å². The van der Waals surface area contributed by atoms with Crippen molar-refractivity contribution in [3.63, 3.8) is 0 Å². The summed E-state index contributed by atoms with van der Waals surface area (Å²) < 4.78 is 6.95. The Morgan fingerprint density at radius 2 is 0.902 bits per heavy atom. The lowest BCUT2D eigenvalue weighted by Gasteiger charge is -2.11. The summed E-state index contributed by atoms with van der Waals surface area (Å²) in [4.78, 5) is 15.7. The van der Waals surface area contributed by atoms with E-state index in [4.69, 9.17) is 19.4 Å². The fourth-order valence-corrected chi connectivity index (χ4v) is 7.18. The minimum absolute atomic E-state index is 0.763. The largest absolute Gasteiger partial charge is 0.453 e. The van der Waals surface area contributed by atoms with Crippen molar-refractivity contribution in [2.45, 2.75) is 0 Å². The monoisotopic (exact) mass is 651 g/mol. The Morgan fingerprint density at radius 3 is 1.51 bits per heavy atom. The smallest absolute Gasteiger partial charge is 0.162 e. The molecule has 4 heteroatoms. The van der Waals surface area contributed by atoms with Crippen LogP contribution in [0.3, 0.4) is 0 Å². The van der Waals surface area contributed by atoms with Crippen molar-refractivity contribution >= 4 is 43.7 Å². The predicted molar refractivity (Wildman–Crippen MR) is 209 cm³/mol. The van der Waals surface area contributed by atoms with Gasteiger partial charge in [0.05, 0.1) is 27.9 Å². The van der Waals surface area contributed by atoms with E-state index in [0.29, 0.717) is 0 Å². The number of fused-ring (bicyclic) bond motifs is 6. The van der Waals surface area contributed by atoms with Crippen LogP contribution in [0.1, 0.15) is 0 Å². The highest BCUT2D eigenvalue weighted by atomic mass is 16.3. The molecule has 0 aliphatic heterocycles. The van der Waals surface area contributed by atoms with Crippen LogP contribution in [-0.4, -0.2) is 15.0 Å². The fourth-order valence-electron chi connectivity index (χ4n) is 7.18. The Kier molecular flexibility index (Phi) is 6.78. The highest BCUT2D eigenvalue weighted by molar-refractivity contribution is 6.19. The summed E-state index contributed by atoms with van der Waals surface area (Å²) in [6.45, 7) is 0. The van der Waals surface area contributed by atoms with E-state index in [0.717, 1.165) is 99.9 Å². The molecule has 0 amide bonds. The lowest BCUT2D eigenvalue weighted by atomic mass is 9.94. The third-order valence-electron chi connectivity index (χ3n) is 9.65. The summed E-state index contributed by atoms with van der Waals surface area (Å²) >= 11 is 0. The number of nitrogens with zero attached hydrogens (tertiary/aromatic N) is 3.